The summed E-state index contributed by atoms with van der Waals surface area (Å²) in [6, 6.07) is 0. The molecule has 0 spiro atoms. The zero-order valence-corrected chi connectivity index (χ0v) is 12.2. The number of nitrogens with zero attached hydrogens (tertiary/aromatic N) is 1. The van der Waals surface area contributed by atoms with E-state index in [1.54, 1.807) is 0 Å². The molecule has 0 aliphatic heterocycles. The van der Waals surface area contributed by atoms with E-state index < -0.39 is 0 Å². The highest BCUT2D eigenvalue weighted by Gasteiger charge is 2.24. The van der Waals surface area contributed by atoms with Crippen LogP contribution in [0.4, 0.5) is 0 Å². The molecule has 0 rings (SSSR count). The van der Waals surface area contributed by atoms with Gasteiger partial charge in [-0.2, -0.15) is 0 Å². The van der Waals surface area contributed by atoms with Crippen molar-refractivity contribution >= 4 is 21.8 Å². The average Bonchev–Trinajstić information content (AvgIpc) is 2.12. The highest BCUT2D eigenvalue weighted by Crippen LogP contribution is 2.28. The van der Waals surface area contributed by atoms with Gasteiger partial charge in [-0.05, 0) is 18.3 Å². The summed E-state index contributed by atoms with van der Waals surface area (Å²) in [7, 11) is 0. The lowest BCUT2D eigenvalue weighted by molar-refractivity contribution is -0.132. The molecule has 2 nitrogen and oxygen atoms in total. The number of carbonyl (C=O) groups is 1. The van der Waals surface area contributed by atoms with Crippen molar-refractivity contribution in [2.75, 3.05) is 18.4 Å². The lowest BCUT2D eigenvalue weighted by atomic mass is 9.80. The lowest BCUT2D eigenvalue weighted by Gasteiger charge is -2.29. The van der Waals surface area contributed by atoms with Crippen LogP contribution in [0, 0.1) is 11.3 Å². The van der Waals surface area contributed by atoms with Gasteiger partial charge in [0.15, 0.2) is 0 Å². The Hall–Kier alpha value is -0.0500. The third kappa shape index (κ3) is 5.55. The maximum atomic E-state index is 11.9. The summed E-state index contributed by atoms with van der Waals surface area (Å²) in [5.74, 6) is 0.703. The van der Waals surface area contributed by atoms with E-state index in [0.29, 0.717) is 12.3 Å². The molecule has 0 aromatic carbocycles. The number of alkyl halides is 1. The first-order valence-electron chi connectivity index (χ1n) is 5.66. The van der Waals surface area contributed by atoms with Crippen molar-refractivity contribution in [1.29, 1.82) is 0 Å². The first-order valence-corrected chi connectivity index (χ1v) is 6.78. The van der Waals surface area contributed by atoms with Crippen LogP contribution in [0.3, 0.4) is 0 Å². The molecule has 0 aromatic rings. The second-order valence-electron chi connectivity index (χ2n) is 5.13. The van der Waals surface area contributed by atoms with Gasteiger partial charge in [0.05, 0.1) is 0 Å². The van der Waals surface area contributed by atoms with E-state index in [4.69, 9.17) is 0 Å². The van der Waals surface area contributed by atoms with Crippen LogP contribution >= 0.6 is 15.9 Å². The maximum Gasteiger partial charge on any atom is 0.222 e. The van der Waals surface area contributed by atoms with Crippen molar-refractivity contribution < 1.29 is 4.79 Å². The molecule has 0 saturated carbocycles. The number of halogens is 1. The van der Waals surface area contributed by atoms with E-state index in [2.05, 4.69) is 43.6 Å². The first kappa shape index (κ1) is 14.9. The van der Waals surface area contributed by atoms with Gasteiger partial charge >= 0.3 is 0 Å². The molecule has 15 heavy (non-hydrogen) atoms. The Morgan fingerprint density at radius 2 is 1.93 bits per heavy atom. The summed E-state index contributed by atoms with van der Waals surface area (Å²) >= 11 is 3.37. The molecule has 0 fully saturated rings. The van der Waals surface area contributed by atoms with Crippen molar-refractivity contribution in [3.63, 3.8) is 0 Å². The third-order valence-electron chi connectivity index (χ3n) is 3.05. The van der Waals surface area contributed by atoms with E-state index in [1.165, 1.54) is 0 Å². The topological polar surface area (TPSA) is 20.3 Å². The van der Waals surface area contributed by atoms with Crippen molar-refractivity contribution in [3.8, 4) is 0 Å². The fraction of sp³-hybridized carbons (Fsp3) is 0.917. The van der Waals surface area contributed by atoms with Gasteiger partial charge in [0.25, 0.3) is 0 Å². The normalized spacial score (nSPS) is 13.7. The van der Waals surface area contributed by atoms with E-state index in [-0.39, 0.29) is 11.3 Å². The molecule has 1 atom stereocenters. The Bertz CT molecular complexity index is 198. The number of amides is 1. The van der Waals surface area contributed by atoms with Gasteiger partial charge in [0.2, 0.25) is 5.91 Å². The molecule has 0 heterocycles. The van der Waals surface area contributed by atoms with Gasteiger partial charge in [-0.15, -0.1) is 0 Å². The lowest BCUT2D eigenvalue weighted by Crippen LogP contribution is -2.35. The molecule has 0 aromatic heterocycles. The minimum atomic E-state index is 0.212. The summed E-state index contributed by atoms with van der Waals surface area (Å²) in [6.07, 6.45) is 0.657. The second-order valence-corrected chi connectivity index (χ2v) is 5.93. The van der Waals surface area contributed by atoms with Crippen LogP contribution < -0.4 is 0 Å². The van der Waals surface area contributed by atoms with Gasteiger partial charge in [-0.25, -0.2) is 0 Å². The molecule has 0 N–H and O–H groups in total. The van der Waals surface area contributed by atoms with Gasteiger partial charge < -0.3 is 4.90 Å². The highest BCUT2D eigenvalue weighted by atomic mass is 79.9. The van der Waals surface area contributed by atoms with Crippen LogP contribution in [0.25, 0.3) is 0 Å². The van der Waals surface area contributed by atoms with Crippen LogP contribution in [0.15, 0.2) is 0 Å². The largest absolute Gasteiger partial charge is 0.342 e. The minimum absolute atomic E-state index is 0.212. The predicted octanol–water partition coefficient (Wildman–Crippen LogP) is 3.30. The summed E-state index contributed by atoms with van der Waals surface area (Å²) in [4.78, 5) is 13.8. The molecule has 1 unspecified atom stereocenters. The molecule has 3 heteroatoms. The molecule has 90 valence electrons. The number of rotatable bonds is 5. The van der Waals surface area contributed by atoms with Crippen LogP contribution in [0.5, 0.6) is 0 Å². The van der Waals surface area contributed by atoms with E-state index >= 15 is 0 Å². The van der Waals surface area contributed by atoms with Gasteiger partial charge in [-0.1, -0.05) is 43.6 Å². The monoisotopic (exact) mass is 277 g/mol. The van der Waals surface area contributed by atoms with Crippen LogP contribution in [0.2, 0.25) is 0 Å². The van der Waals surface area contributed by atoms with E-state index in [9.17, 15) is 4.79 Å². The predicted molar refractivity (Wildman–Crippen MR) is 69.3 cm³/mol. The maximum absolute atomic E-state index is 11.9. The average molecular weight is 278 g/mol. The molecular formula is C12H24BrNO. The molecule has 0 saturated heterocycles. The first-order chi connectivity index (χ1) is 6.82. The van der Waals surface area contributed by atoms with Crippen LogP contribution in [0.1, 0.15) is 41.0 Å². The Kier molecular flexibility index (Phi) is 6.49. The molecule has 0 bridgehead atoms. The third-order valence-corrected chi connectivity index (χ3v) is 3.40. The SMILES string of the molecule is CCN(CCBr)C(=O)CC(C)C(C)(C)C. The van der Waals surface area contributed by atoms with Gasteiger partial charge in [0.1, 0.15) is 0 Å². The minimum Gasteiger partial charge on any atom is -0.342 e. The second kappa shape index (κ2) is 6.51. The van der Waals surface area contributed by atoms with Crippen molar-refractivity contribution in [2.45, 2.75) is 41.0 Å². The quantitative estimate of drug-likeness (QED) is 0.707. The fourth-order valence-corrected chi connectivity index (χ4v) is 1.69. The molecule has 0 aliphatic rings. The zero-order chi connectivity index (χ0) is 12.1. The Balaban J connectivity index is 4.22. The summed E-state index contributed by atoms with van der Waals surface area (Å²) < 4.78 is 0. The highest BCUT2D eigenvalue weighted by molar-refractivity contribution is 9.09. The summed E-state index contributed by atoms with van der Waals surface area (Å²) in [5.41, 5.74) is 0.212. The fourth-order valence-electron chi connectivity index (χ4n) is 1.26. The number of carbonyl (C=O) groups excluding carboxylic acids is 1. The van der Waals surface area contributed by atoms with Crippen LogP contribution in [-0.4, -0.2) is 29.2 Å². The van der Waals surface area contributed by atoms with Crippen molar-refractivity contribution in [1.82, 2.24) is 4.90 Å². The van der Waals surface area contributed by atoms with Crippen molar-refractivity contribution in [3.05, 3.63) is 0 Å². The molecule has 0 aliphatic carbocycles. The Morgan fingerprint density at radius 3 is 2.27 bits per heavy atom. The number of hydrogen-bond donors (Lipinski definition) is 0. The Morgan fingerprint density at radius 1 is 1.40 bits per heavy atom. The molecular weight excluding hydrogens is 254 g/mol. The Labute approximate surface area is 103 Å². The van der Waals surface area contributed by atoms with Crippen molar-refractivity contribution in [2.24, 2.45) is 11.3 Å². The van der Waals surface area contributed by atoms with E-state index in [1.807, 2.05) is 11.8 Å². The van der Waals surface area contributed by atoms with E-state index in [0.717, 1.165) is 18.4 Å². The summed E-state index contributed by atoms with van der Waals surface area (Å²) in [6.45, 7) is 12.4. The van der Waals surface area contributed by atoms with Gasteiger partial charge in [0, 0.05) is 24.8 Å². The molecule has 1 amide bonds. The van der Waals surface area contributed by atoms with Crippen LogP contribution in [-0.2, 0) is 4.79 Å². The van der Waals surface area contributed by atoms with Gasteiger partial charge in [-0.3, -0.25) is 4.79 Å². The zero-order valence-electron chi connectivity index (χ0n) is 10.6. The summed E-state index contributed by atoms with van der Waals surface area (Å²) in [5, 5.41) is 0.858. The standard InChI is InChI=1S/C12H24BrNO/c1-6-14(8-7-13)11(15)9-10(2)12(3,4)5/h10H,6-9H2,1-5H3. The smallest absolute Gasteiger partial charge is 0.222 e. The number of hydrogen-bond acceptors (Lipinski definition) is 1. The molecule has 0 radical (unpaired) electrons.